The molecule has 4 nitrogen and oxygen atoms in total. The van der Waals surface area contributed by atoms with Gasteiger partial charge in [0.2, 0.25) is 11.7 Å². The lowest BCUT2D eigenvalue weighted by atomic mass is 9.97. The second-order valence-corrected chi connectivity index (χ2v) is 8.55. The molecule has 3 heterocycles. The lowest BCUT2D eigenvalue weighted by Gasteiger charge is -2.15. The highest BCUT2D eigenvalue weighted by atomic mass is 32.1. The van der Waals surface area contributed by atoms with E-state index in [1.54, 1.807) is 11.3 Å². The van der Waals surface area contributed by atoms with E-state index in [1.165, 1.54) is 21.6 Å². The molecule has 0 aliphatic carbocycles. The van der Waals surface area contributed by atoms with Crippen LogP contribution in [0, 0.1) is 6.92 Å². The largest absolute Gasteiger partial charge is 0.455 e. The number of thiophene rings is 1. The summed E-state index contributed by atoms with van der Waals surface area (Å²) in [4.78, 5) is 6.01. The van der Waals surface area contributed by atoms with Gasteiger partial charge in [-0.25, -0.2) is 0 Å². The molecule has 0 aliphatic rings. The van der Waals surface area contributed by atoms with Gasteiger partial charge in [-0.15, -0.1) is 29.8 Å². The van der Waals surface area contributed by atoms with Gasteiger partial charge in [-0.2, -0.15) is 4.98 Å². The smallest absolute Gasteiger partial charge is 0.235 e. The van der Waals surface area contributed by atoms with Crippen molar-refractivity contribution < 1.29 is 4.52 Å². The van der Waals surface area contributed by atoms with Crippen LogP contribution in [-0.2, 0) is 13.0 Å². The van der Waals surface area contributed by atoms with Crippen LogP contribution in [0.15, 0.2) is 89.0 Å². The molecule has 1 atom stereocenters. The van der Waals surface area contributed by atoms with Gasteiger partial charge in [-0.1, -0.05) is 65.3 Å². The van der Waals surface area contributed by atoms with Gasteiger partial charge < -0.3 is 9.09 Å². The number of hydrogen-bond donors (Lipinski definition) is 0. The van der Waals surface area contributed by atoms with Crippen molar-refractivity contribution in [3.05, 3.63) is 112 Å². The molecule has 0 N–H and O–H groups in total. The van der Waals surface area contributed by atoms with Crippen molar-refractivity contribution in [3.63, 3.8) is 0 Å². The van der Waals surface area contributed by atoms with Crippen LogP contribution in [0.25, 0.3) is 11.4 Å². The maximum Gasteiger partial charge on any atom is 0.235 e. The number of aromatic nitrogens is 3. The molecule has 0 bridgehead atoms. The highest BCUT2D eigenvalue weighted by Gasteiger charge is 2.23. The maximum atomic E-state index is 5.75. The lowest BCUT2D eigenvalue weighted by Crippen LogP contribution is -2.04. The molecule has 5 heteroatoms. The fourth-order valence-corrected chi connectivity index (χ4v) is 4.36. The average molecular weight is 413 g/mol. The summed E-state index contributed by atoms with van der Waals surface area (Å²) in [6.07, 6.45) is 4.97. The minimum absolute atomic E-state index is 0.0574. The van der Waals surface area contributed by atoms with E-state index in [4.69, 9.17) is 9.51 Å². The predicted molar refractivity (Wildman–Crippen MR) is 120 cm³/mol. The third-order valence-electron chi connectivity index (χ3n) is 5.32. The Morgan fingerprint density at radius 1 is 1.03 bits per heavy atom. The Kier molecular flexibility index (Phi) is 5.11. The van der Waals surface area contributed by atoms with Crippen LogP contribution in [0.5, 0.6) is 0 Å². The summed E-state index contributed by atoms with van der Waals surface area (Å²) in [6, 6.07) is 23.3. The van der Waals surface area contributed by atoms with Crippen molar-refractivity contribution in [1.29, 1.82) is 0 Å². The van der Waals surface area contributed by atoms with E-state index in [0.717, 1.165) is 18.5 Å². The van der Waals surface area contributed by atoms with Crippen LogP contribution >= 0.6 is 11.3 Å². The molecule has 3 aromatic heterocycles. The first-order chi connectivity index (χ1) is 14.7. The van der Waals surface area contributed by atoms with Crippen LogP contribution < -0.4 is 0 Å². The van der Waals surface area contributed by atoms with Gasteiger partial charge in [0.05, 0.1) is 5.92 Å². The van der Waals surface area contributed by atoms with E-state index in [0.29, 0.717) is 11.7 Å². The Bertz CT molecular complexity index is 1190. The number of nitrogens with zero attached hydrogens (tertiary/aromatic N) is 3. The number of benzene rings is 2. The molecule has 0 saturated heterocycles. The van der Waals surface area contributed by atoms with Crippen LogP contribution in [0.4, 0.5) is 0 Å². The number of rotatable bonds is 7. The Labute approximate surface area is 179 Å². The topological polar surface area (TPSA) is 43.9 Å². The van der Waals surface area contributed by atoms with E-state index in [1.807, 2.05) is 6.07 Å². The van der Waals surface area contributed by atoms with Crippen molar-refractivity contribution in [2.24, 2.45) is 0 Å². The standard InChI is InChI=1S/C25H22N3OS/c1-18-5-7-19(8-6-18)16-22(23-4-2-15-30-23)25-26-24(27-29-25)21-11-9-20(10-12-21)17-28-13-3-14-28/h2-15,22H,16-17H2,1H3/q-1. The first-order valence-electron chi connectivity index (χ1n) is 10.0. The second-order valence-electron chi connectivity index (χ2n) is 7.57. The predicted octanol–water partition coefficient (Wildman–Crippen LogP) is 6.05. The van der Waals surface area contributed by atoms with Gasteiger partial charge in [-0.3, -0.25) is 0 Å². The van der Waals surface area contributed by atoms with Crippen LogP contribution in [0.2, 0.25) is 0 Å². The molecule has 5 aromatic rings. The summed E-state index contributed by atoms with van der Waals surface area (Å²) in [5.41, 5.74) is 4.74. The molecular formula is C25H22N3OS-. The van der Waals surface area contributed by atoms with Gasteiger partial charge >= 0.3 is 0 Å². The van der Waals surface area contributed by atoms with E-state index in [2.05, 4.69) is 95.1 Å². The molecule has 30 heavy (non-hydrogen) atoms. The molecule has 0 radical (unpaired) electrons. The third kappa shape index (κ3) is 4.02. The molecule has 2 aromatic carbocycles. The van der Waals surface area contributed by atoms with Crippen molar-refractivity contribution in [1.82, 2.24) is 14.7 Å². The van der Waals surface area contributed by atoms with Crippen molar-refractivity contribution in [3.8, 4) is 11.4 Å². The lowest BCUT2D eigenvalue weighted by molar-refractivity contribution is 0.366. The fourth-order valence-electron chi connectivity index (χ4n) is 3.54. The van der Waals surface area contributed by atoms with Crippen LogP contribution in [0.3, 0.4) is 0 Å². The van der Waals surface area contributed by atoms with E-state index >= 15 is 0 Å². The zero-order valence-electron chi connectivity index (χ0n) is 16.7. The van der Waals surface area contributed by atoms with Crippen molar-refractivity contribution >= 4 is 11.3 Å². The highest BCUT2D eigenvalue weighted by molar-refractivity contribution is 7.10. The van der Waals surface area contributed by atoms with Crippen LogP contribution in [0.1, 0.15) is 33.4 Å². The monoisotopic (exact) mass is 412 g/mol. The molecular weight excluding hydrogens is 390 g/mol. The number of aryl methyl sites for hydroxylation is 1. The highest BCUT2D eigenvalue weighted by Crippen LogP contribution is 2.32. The molecule has 0 saturated carbocycles. The zero-order valence-corrected chi connectivity index (χ0v) is 17.5. The average Bonchev–Trinajstić information content (AvgIpc) is 3.43. The summed E-state index contributed by atoms with van der Waals surface area (Å²) in [5.74, 6) is 1.36. The second kappa shape index (κ2) is 8.20. The summed E-state index contributed by atoms with van der Waals surface area (Å²) in [7, 11) is 0. The molecule has 0 fully saturated rings. The quantitative estimate of drug-likeness (QED) is 0.306. The van der Waals surface area contributed by atoms with Gasteiger partial charge in [0.25, 0.3) is 0 Å². The Hall–Kier alpha value is -3.31. The van der Waals surface area contributed by atoms with E-state index < -0.39 is 0 Å². The van der Waals surface area contributed by atoms with Crippen LogP contribution in [-0.4, -0.2) is 14.7 Å². The van der Waals surface area contributed by atoms with Gasteiger partial charge in [-0.05, 0) is 35.9 Å². The molecule has 0 amide bonds. The first kappa shape index (κ1) is 18.7. The normalized spacial score (nSPS) is 12.3. The maximum absolute atomic E-state index is 5.75. The minimum Gasteiger partial charge on any atom is -0.455 e. The Morgan fingerprint density at radius 3 is 2.47 bits per heavy atom. The van der Waals surface area contributed by atoms with E-state index in [-0.39, 0.29) is 5.92 Å². The molecule has 1 unspecified atom stereocenters. The third-order valence-corrected chi connectivity index (χ3v) is 6.31. The molecule has 0 aliphatic heterocycles. The summed E-state index contributed by atoms with van der Waals surface area (Å²) in [6.45, 7) is 2.99. The SMILES string of the molecule is Cc1ccc(CC(c2nc(-c3ccc(Cn4cc[cH-]4)cc3)no2)c2cccs2)cc1. The van der Waals surface area contributed by atoms with Gasteiger partial charge in [0.15, 0.2) is 0 Å². The summed E-state index contributed by atoms with van der Waals surface area (Å²) < 4.78 is 7.90. The van der Waals surface area contributed by atoms with Crippen molar-refractivity contribution in [2.75, 3.05) is 0 Å². The molecule has 5 rings (SSSR count). The Balaban J connectivity index is 1.39. The molecule has 150 valence electrons. The summed E-state index contributed by atoms with van der Waals surface area (Å²) in [5, 5.41) is 6.38. The van der Waals surface area contributed by atoms with Gasteiger partial charge in [0, 0.05) is 17.0 Å². The van der Waals surface area contributed by atoms with E-state index in [9.17, 15) is 0 Å². The number of hydrogen-bond acceptors (Lipinski definition) is 4. The minimum atomic E-state index is 0.0574. The summed E-state index contributed by atoms with van der Waals surface area (Å²) >= 11 is 1.73. The van der Waals surface area contributed by atoms with Crippen molar-refractivity contribution in [2.45, 2.75) is 25.8 Å². The zero-order chi connectivity index (χ0) is 20.3. The first-order valence-corrected chi connectivity index (χ1v) is 10.9. The fraction of sp³-hybridized carbons (Fsp3) is 0.160. The molecule has 0 spiro atoms. The van der Waals surface area contributed by atoms with Gasteiger partial charge in [0.1, 0.15) is 0 Å². The Morgan fingerprint density at radius 2 is 1.80 bits per heavy atom.